The van der Waals surface area contributed by atoms with Crippen molar-refractivity contribution in [1.29, 1.82) is 0 Å². The number of amides is 2. The first-order chi connectivity index (χ1) is 12.3. The van der Waals surface area contributed by atoms with E-state index in [0.717, 1.165) is 24.8 Å². The number of carbonyl (C=O) groups is 2. The normalized spacial score (nSPS) is 22.7. The van der Waals surface area contributed by atoms with Crippen LogP contribution in [0.15, 0.2) is 30.3 Å². The van der Waals surface area contributed by atoms with Crippen molar-refractivity contribution in [3.63, 3.8) is 0 Å². The van der Waals surface area contributed by atoms with E-state index in [0.29, 0.717) is 19.6 Å². The molecule has 0 N–H and O–H groups in total. The Morgan fingerprint density at radius 1 is 1.08 bits per heavy atom. The molecule has 0 radical (unpaired) electrons. The van der Waals surface area contributed by atoms with Crippen LogP contribution in [-0.4, -0.2) is 52.8 Å². The summed E-state index contributed by atoms with van der Waals surface area (Å²) in [4.78, 5) is 28.5. The Balaban J connectivity index is 1.59. The molecule has 2 aliphatic heterocycles. The maximum absolute atomic E-state index is 12.6. The maximum Gasteiger partial charge on any atom is 0.410 e. The zero-order valence-electron chi connectivity index (χ0n) is 15.9. The minimum absolute atomic E-state index is 0.263. The van der Waals surface area contributed by atoms with Crippen molar-refractivity contribution in [3.8, 4) is 0 Å². The number of likely N-dealkylation sites (tertiary alicyclic amines) is 2. The predicted molar refractivity (Wildman–Crippen MR) is 97.7 cm³/mol. The van der Waals surface area contributed by atoms with Gasteiger partial charge in [-0.3, -0.25) is 0 Å². The van der Waals surface area contributed by atoms with Crippen molar-refractivity contribution in [2.24, 2.45) is 0 Å². The minimum Gasteiger partial charge on any atom is -0.445 e. The van der Waals surface area contributed by atoms with Crippen LogP contribution >= 0.6 is 0 Å². The summed E-state index contributed by atoms with van der Waals surface area (Å²) < 4.78 is 11.0. The van der Waals surface area contributed by atoms with Crippen LogP contribution in [0.25, 0.3) is 0 Å². The van der Waals surface area contributed by atoms with E-state index in [2.05, 4.69) is 0 Å². The van der Waals surface area contributed by atoms with Crippen molar-refractivity contribution < 1.29 is 19.1 Å². The highest BCUT2D eigenvalue weighted by molar-refractivity contribution is 5.71. The summed E-state index contributed by atoms with van der Waals surface area (Å²) in [5.41, 5.74) is 0.132. The quantitative estimate of drug-likeness (QED) is 0.805. The summed E-state index contributed by atoms with van der Waals surface area (Å²) in [6.07, 6.45) is 2.00. The molecule has 26 heavy (non-hydrogen) atoms. The number of carbonyl (C=O) groups excluding carboxylic acids is 2. The second-order valence-electron chi connectivity index (χ2n) is 8.17. The fraction of sp³-hybridized carbons (Fsp3) is 0.600. The summed E-state index contributed by atoms with van der Waals surface area (Å²) in [7, 11) is 0. The number of ether oxygens (including phenoxy) is 2. The van der Waals surface area contributed by atoms with Gasteiger partial charge in [0, 0.05) is 19.6 Å². The van der Waals surface area contributed by atoms with Crippen LogP contribution in [0.2, 0.25) is 0 Å². The average molecular weight is 360 g/mol. The first kappa shape index (κ1) is 18.5. The van der Waals surface area contributed by atoms with Gasteiger partial charge in [-0.25, -0.2) is 9.59 Å². The molecule has 0 aliphatic carbocycles. The third kappa shape index (κ3) is 4.11. The molecule has 1 unspecified atom stereocenters. The largest absolute Gasteiger partial charge is 0.445 e. The fourth-order valence-corrected chi connectivity index (χ4v) is 3.79. The van der Waals surface area contributed by atoms with E-state index in [-0.39, 0.29) is 24.3 Å². The number of hydrogen-bond donors (Lipinski definition) is 0. The lowest BCUT2D eigenvalue weighted by Gasteiger charge is -2.36. The van der Waals surface area contributed by atoms with Gasteiger partial charge >= 0.3 is 12.2 Å². The second kappa shape index (κ2) is 7.17. The molecule has 2 amide bonds. The Morgan fingerprint density at radius 3 is 2.50 bits per heavy atom. The van der Waals surface area contributed by atoms with E-state index in [1.54, 1.807) is 4.90 Å². The van der Waals surface area contributed by atoms with Crippen molar-refractivity contribution in [1.82, 2.24) is 9.80 Å². The highest BCUT2D eigenvalue weighted by Gasteiger charge is 2.50. The standard InChI is InChI=1S/C20H28N2O4/c1-19(2,3)26-18(24)22-12-7-10-20(22)11-13-21(15-20)17(23)25-14-16-8-5-4-6-9-16/h4-6,8-9H,7,10-15H2,1-3H3. The van der Waals surface area contributed by atoms with Gasteiger partial charge in [0.05, 0.1) is 5.54 Å². The predicted octanol–water partition coefficient (Wildman–Crippen LogP) is 3.80. The molecular weight excluding hydrogens is 332 g/mol. The molecule has 142 valence electrons. The van der Waals surface area contributed by atoms with Crippen LogP contribution in [0, 0.1) is 0 Å². The summed E-state index contributed by atoms with van der Waals surface area (Å²) in [5.74, 6) is 0. The van der Waals surface area contributed by atoms with Gasteiger partial charge < -0.3 is 19.3 Å². The Kier molecular flexibility index (Phi) is 5.12. The van der Waals surface area contributed by atoms with E-state index in [9.17, 15) is 9.59 Å². The van der Waals surface area contributed by atoms with E-state index in [1.807, 2.05) is 56.0 Å². The van der Waals surface area contributed by atoms with Gasteiger partial charge in [0.25, 0.3) is 0 Å². The van der Waals surface area contributed by atoms with Gasteiger partial charge in [-0.1, -0.05) is 30.3 Å². The van der Waals surface area contributed by atoms with Crippen LogP contribution in [0.3, 0.4) is 0 Å². The number of nitrogens with zero attached hydrogens (tertiary/aromatic N) is 2. The number of benzene rings is 1. The number of hydrogen-bond acceptors (Lipinski definition) is 4. The first-order valence-electron chi connectivity index (χ1n) is 9.25. The molecule has 0 aromatic heterocycles. The molecule has 3 rings (SSSR count). The zero-order valence-corrected chi connectivity index (χ0v) is 15.9. The molecule has 2 aliphatic rings. The Labute approximate surface area is 155 Å². The Bertz CT molecular complexity index is 656. The molecule has 2 heterocycles. The van der Waals surface area contributed by atoms with Gasteiger partial charge in [-0.05, 0) is 45.6 Å². The van der Waals surface area contributed by atoms with Gasteiger partial charge in [-0.2, -0.15) is 0 Å². The molecule has 1 aromatic rings. The second-order valence-corrected chi connectivity index (χ2v) is 8.17. The van der Waals surface area contributed by atoms with Crippen LogP contribution in [0.4, 0.5) is 9.59 Å². The van der Waals surface area contributed by atoms with Crippen molar-refractivity contribution in [2.75, 3.05) is 19.6 Å². The van der Waals surface area contributed by atoms with Crippen LogP contribution < -0.4 is 0 Å². The third-order valence-corrected chi connectivity index (χ3v) is 5.01. The molecule has 6 nitrogen and oxygen atoms in total. The first-order valence-corrected chi connectivity index (χ1v) is 9.25. The van der Waals surface area contributed by atoms with E-state index >= 15 is 0 Å². The lowest BCUT2D eigenvalue weighted by Crippen LogP contribution is -2.51. The SMILES string of the molecule is CC(C)(C)OC(=O)N1CCCC12CCN(C(=O)OCc1ccccc1)C2. The smallest absolute Gasteiger partial charge is 0.410 e. The monoisotopic (exact) mass is 360 g/mol. The summed E-state index contributed by atoms with van der Waals surface area (Å²) >= 11 is 0. The molecule has 1 atom stereocenters. The Hall–Kier alpha value is -2.24. The van der Waals surface area contributed by atoms with Crippen molar-refractivity contribution >= 4 is 12.2 Å². The molecule has 6 heteroatoms. The molecule has 2 saturated heterocycles. The van der Waals surface area contributed by atoms with E-state index in [1.165, 1.54) is 0 Å². The number of rotatable bonds is 2. The maximum atomic E-state index is 12.6. The molecule has 2 fully saturated rings. The summed E-state index contributed by atoms with van der Waals surface area (Å²) in [6, 6.07) is 9.64. The molecule has 0 bridgehead atoms. The minimum atomic E-state index is -0.520. The van der Waals surface area contributed by atoms with Gasteiger partial charge in [0.2, 0.25) is 0 Å². The van der Waals surface area contributed by atoms with Crippen LogP contribution in [-0.2, 0) is 16.1 Å². The summed E-state index contributed by atoms with van der Waals surface area (Å²) in [5, 5.41) is 0. The van der Waals surface area contributed by atoms with Crippen molar-refractivity contribution in [3.05, 3.63) is 35.9 Å². The lowest BCUT2D eigenvalue weighted by atomic mass is 9.95. The van der Waals surface area contributed by atoms with Gasteiger partial charge in [0.15, 0.2) is 0 Å². The molecule has 1 aromatic carbocycles. The average Bonchev–Trinajstić information content (AvgIpc) is 3.20. The fourth-order valence-electron chi connectivity index (χ4n) is 3.79. The van der Waals surface area contributed by atoms with Gasteiger partial charge in [0.1, 0.15) is 12.2 Å². The zero-order chi connectivity index (χ0) is 18.8. The van der Waals surface area contributed by atoms with E-state index in [4.69, 9.17) is 9.47 Å². The molecule has 0 saturated carbocycles. The Morgan fingerprint density at radius 2 is 1.81 bits per heavy atom. The molecule has 1 spiro atoms. The lowest BCUT2D eigenvalue weighted by molar-refractivity contribution is 0.00881. The van der Waals surface area contributed by atoms with Crippen LogP contribution in [0.1, 0.15) is 45.6 Å². The third-order valence-electron chi connectivity index (χ3n) is 5.01. The molecular formula is C20H28N2O4. The topological polar surface area (TPSA) is 59.1 Å². The highest BCUT2D eigenvalue weighted by atomic mass is 16.6. The highest BCUT2D eigenvalue weighted by Crippen LogP contribution is 2.38. The van der Waals surface area contributed by atoms with E-state index < -0.39 is 5.60 Å². The van der Waals surface area contributed by atoms with Crippen LogP contribution in [0.5, 0.6) is 0 Å². The summed E-state index contributed by atoms with van der Waals surface area (Å²) in [6.45, 7) is 7.67. The van der Waals surface area contributed by atoms with Crippen molar-refractivity contribution in [2.45, 2.75) is 57.8 Å². The van der Waals surface area contributed by atoms with Gasteiger partial charge in [-0.15, -0.1) is 0 Å².